The van der Waals surface area contributed by atoms with Crippen LogP contribution in [0.4, 0.5) is 0 Å². The predicted molar refractivity (Wildman–Crippen MR) is 245 cm³/mol. The lowest BCUT2D eigenvalue weighted by atomic mass is 9.85. The summed E-state index contributed by atoms with van der Waals surface area (Å²) in [7, 11) is 0. The van der Waals surface area contributed by atoms with Gasteiger partial charge in [-0.15, -0.1) is 0 Å². The second-order valence-corrected chi connectivity index (χ2v) is 14.8. The first-order valence-electron chi connectivity index (χ1n) is 22.0. The number of benzene rings is 10. The van der Waals surface area contributed by atoms with Crippen molar-refractivity contribution in [3.63, 3.8) is 0 Å². The Bertz CT molecular complexity index is 3760. The van der Waals surface area contributed by atoms with Gasteiger partial charge in [0.2, 0.25) is 0 Å². The summed E-state index contributed by atoms with van der Waals surface area (Å²) >= 11 is 0. The monoisotopic (exact) mass is 742 g/mol. The third kappa shape index (κ3) is 4.92. The normalized spacial score (nSPS) is 13.0. The van der Waals surface area contributed by atoms with Crippen LogP contribution in [0.5, 0.6) is 0 Å². The zero-order valence-corrected chi connectivity index (χ0v) is 31.2. The van der Waals surface area contributed by atoms with E-state index < -0.39 is 6.04 Å². The molecule has 0 fully saturated rings. The highest BCUT2D eigenvalue weighted by atomic mass is 16.3. The van der Waals surface area contributed by atoms with E-state index in [2.05, 4.69) is 132 Å². The molecule has 0 aliphatic heterocycles. The molecule has 0 amide bonds. The molecule has 58 heavy (non-hydrogen) atoms. The van der Waals surface area contributed by atoms with E-state index in [1.807, 2.05) is 54.6 Å². The maximum Gasteiger partial charge on any atom is 0.136 e. The molecule has 10 aromatic carbocycles. The van der Waals surface area contributed by atoms with E-state index in [1.54, 1.807) is 0 Å². The highest BCUT2D eigenvalue weighted by Crippen LogP contribution is 2.47. The minimum absolute atomic E-state index is 0.200. The van der Waals surface area contributed by atoms with Gasteiger partial charge in [0, 0.05) is 32.8 Å². The molecule has 0 aliphatic carbocycles. The van der Waals surface area contributed by atoms with Crippen molar-refractivity contribution in [2.45, 2.75) is 0 Å². The van der Waals surface area contributed by atoms with Gasteiger partial charge in [-0.25, -0.2) is 0 Å². The average Bonchev–Trinajstić information content (AvgIpc) is 3.88. The highest BCUT2D eigenvalue weighted by Gasteiger charge is 2.21. The Hall–Kier alpha value is -7.68. The molecule has 2 heteroatoms. The van der Waals surface area contributed by atoms with Crippen LogP contribution in [0.25, 0.3) is 115 Å². The lowest BCUT2D eigenvalue weighted by Gasteiger charge is -2.18. The van der Waals surface area contributed by atoms with Crippen LogP contribution in [0.15, 0.2) is 217 Å². The molecule has 12 rings (SSSR count). The topological polar surface area (TPSA) is 18.1 Å². The third-order valence-corrected chi connectivity index (χ3v) is 11.7. The molecule has 2 aromatic heterocycles. The van der Waals surface area contributed by atoms with Gasteiger partial charge < -0.3 is 8.98 Å². The van der Waals surface area contributed by atoms with Crippen LogP contribution < -0.4 is 0 Å². The van der Waals surface area contributed by atoms with Gasteiger partial charge in [-0.3, -0.25) is 0 Å². The van der Waals surface area contributed by atoms with Gasteiger partial charge in [0.25, 0.3) is 0 Å². The van der Waals surface area contributed by atoms with E-state index in [-0.39, 0.29) is 29.7 Å². The summed E-state index contributed by atoms with van der Waals surface area (Å²) in [4.78, 5) is 0. The van der Waals surface area contributed by atoms with E-state index in [0.717, 1.165) is 93.6 Å². The fraction of sp³-hybridized carbons (Fsp3) is 0. The first kappa shape index (κ1) is 27.8. The number of aromatic nitrogens is 1. The van der Waals surface area contributed by atoms with Crippen molar-refractivity contribution in [3.05, 3.63) is 212 Å². The summed E-state index contributed by atoms with van der Waals surface area (Å²) in [5.74, 6) is 0. The number of para-hydroxylation sites is 3. The molecule has 0 bridgehead atoms. The first-order chi connectivity index (χ1) is 30.9. The Labute approximate surface area is 342 Å². The van der Waals surface area contributed by atoms with E-state index in [4.69, 9.17) is 11.3 Å². The molecule has 0 saturated heterocycles. The quantitative estimate of drug-likeness (QED) is 0.161. The van der Waals surface area contributed by atoms with Crippen LogP contribution in [0.2, 0.25) is 0 Å². The summed E-state index contributed by atoms with van der Waals surface area (Å²) < 4.78 is 52.0. The maximum absolute atomic E-state index is 8.95. The van der Waals surface area contributed by atoms with Crippen LogP contribution >= 0.6 is 0 Å². The molecular formula is C56H35NO. The second-order valence-electron chi connectivity index (χ2n) is 14.8. The van der Waals surface area contributed by atoms with Gasteiger partial charge in [0.05, 0.1) is 17.9 Å². The van der Waals surface area contributed by atoms with Crippen molar-refractivity contribution >= 4 is 65.3 Å². The lowest BCUT2D eigenvalue weighted by molar-refractivity contribution is 0.669. The number of fused-ring (bicyclic) bond motifs is 8. The molecule has 270 valence electrons. The average molecular weight is 743 g/mol. The smallest absolute Gasteiger partial charge is 0.136 e. The Kier molecular flexibility index (Phi) is 6.21. The van der Waals surface area contributed by atoms with Crippen LogP contribution in [0.3, 0.4) is 0 Å². The summed E-state index contributed by atoms with van der Waals surface area (Å²) in [5.41, 5.74) is 12.2. The summed E-state index contributed by atoms with van der Waals surface area (Å²) in [6.45, 7) is 0. The minimum Gasteiger partial charge on any atom is -0.456 e. The van der Waals surface area contributed by atoms with Crippen LogP contribution in [0.1, 0.15) is 6.85 Å². The van der Waals surface area contributed by atoms with Gasteiger partial charge in [-0.05, 0) is 103 Å². The van der Waals surface area contributed by atoms with Gasteiger partial charge >= 0.3 is 0 Å². The van der Waals surface area contributed by atoms with Crippen molar-refractivity contribution in [3.8, 4) is 50.2 Å². The predicted octanol–water partition coefficient (Wildman–Crippen LogP) is 15.7. The van der Waals surface area contributed by atoms with E-state index >= 15 is 0 Å². The van der Waals surface area contributed by atoms with E-state index in [0.29, 0.717) is 5.56 Å². The molecule has 2 nitrogen and oxygen atoms in total. The Morgan fingerprint density at radius 3 is 1.59 bits per heavy atom. The Morgan fingerprint density at radius 1 is 0.362 bits per heavy atom. The largest absolute Gasteiger partial charge is 0.456 e. The van der Waals surface area contributed by atoms with Gasteiger partial charge in [0.15, 0.2) is 0 Å². The SMILES string of the molecule is [2H]c1c([2H])c([2H])c(-c2c3ccccc3c(-c3ccc(-c4c(-c5ccc6c(c5)c5ccccc5n6-c5ccccc5)ccc5oc6ccccc6c45)cc3)c3ccccc23)c([2H])c1[2H]. The van der Waals surface area contributed by atoms with Crippen molar-refractivity contribution in [2.75, 3.05) is 0 Å². The zero-order chi connectivity index (χ0) is 42.5. The molecule has 0 radical (unpaired) electrons. The van der Waals surface area contributed by atoms with Gasteiger partial charge in [-0.2, -0.15) is 0 Å². The molecule has 0 spiro atoms. The molecule has 0 saturated carbocycles. The molecular weight excluding hydrogens is 703 g/mol. The van der Waals surface area contributed by atoms with Crippen LogP contribution in [-0.4, -0.2) is 4.57 Å². The standard InChI is InChI=1S/C56H35NO/c1-3-15-36(16-4-1)53-43-20-7-9-22-45(43)54(46-23-10-8-21-44(46)53)37-27-29-38(30-28-37)55-41(32-34-52-56(55)47-24-12-14-26-51(47)58-52)39-31-33-50-48(35-39)42-19-11-13-25-49(42)57(50)40-17-5-2-6-18-40/h1-35H/i1D,3D,4D,15D,16D. The molecule has 0 atom stereocenters. The fourth-order valence-corrected chi connectivity index (χ4v) is 9.24. The number of hydrogen-bond acceptors (Lipinski definition) is 1. The molecule has 0 N–H and O–H groups in total. The number of furan rings is 1. The Morgan fingerprint density at radius 2 is 0.897 bits per heavy atom. The number of nitrogens with zero attached hydrogens (tertiary/aromatic N) is 1. The van der Waals surface area contributed by atoms with Gasteiger partial charge in [0.1, 0.15) is 11.2 Å². The van der Waals surface area contributed by atoms with Gasteiger partial charge in [-0.1, -0.05) is 170 Å². The van der Waals surface area contributed by atoms with Crippen molar-refractivity contribution < 1.29 is 11.3 Å². The molecule has 2 heterocycles. The van der Waals surface area contributed by atoms with Crippen LogP contribution in [0, 0.1) is 0 Å². The number of hydrogen-bond donors (Lipinski definition) is 0. The van der Waals surface area contributed by atoms with Crippen molar-refractivity contribution in [1.29, 1.82) is 0 Å². The summed E-state index contributed by atoms with van der Waals surface area (Å²) in [5, 5.41) is 7.96. The maximum atomic E-state index is 8.95. The third-order valence-electron chi connectivity index (χ3n) is 11.7. The molecule has 0 aliphatic rings. The van der Waals surface area contributed by atoms with E-state index in [9.17, 15) is 0 Å². The second kappa shape index (κ2) is 12.9. The summed E-state index contributed by atoms with van der Waals surface area (Å²) in [6.07, 6.45) is 0. The first-order valence-corrected chi connectivity index (χ1v) is 19.5. The number of rotatable bonds is 5. The molecule has 0 unspecified atom stereocenters. The summed E-state index contributed by atoms with van der Waals surface area (Å²) in [6, 6.07) is 61.6. The van der Waals surface area contributed by atoms with E-state index in [1.165, 1.54) is 10.8 Å². The fourth-order valence-electron chi connectivity index (χ4n) is 9.24. The van der Waals surface area contributed by atoms with Crippen molar-refractivity contribution in [2.24, 2.45) is 0 Å². The highest BCUT2D eigenvalue weighted by molar-refractivity contribution is 6.22. The van der Waals surface area contributed by atoms with Crippen LogP contribution in [-0.2, 0) is 0 Å². The lowest BCUT2D eigenvalue weighted by Crippen LogP contribution is -1.93. The zero-order valence-electron chi connectivity index (χ0n) is 36.2. The molecule has 12 aromatic rings. The Balaban J connectivity index is 1.08. The van der Waals surface area contributed by atoms with Crippen molar-refractivity contribution in [1.82, 2.24) is 4.57 Å². The minimum atomic E-state index is -0.405.